The number of benzene rings is 1. The van der Waals surface area contributed by atoms with Crippen molar-refractivity contribution in [3.8, 4) is 0 Å². The van der Waals surface area contributed by atoms with Crippen LogP contribution in [0.25, 0.3) is 0 Å². The van der Waals surface area contributed by atoms with Crippen LogP contribution in [0.15, 0.2) is 24.3 Å². The second-order valence-corrected chi connectivity index (χ2v) is 5.87. The van der Waals surface area contributed by atoms with E-state index >= 15 is 0 Å². The molecule has 0 aliphatic carbocycles. The Morgan fingerprint density at radius 2 is 1.74 bits per heavy atom. The first-order valence-corrected chi connectivity index (χ1v) is 7.87. The van der Waals surface area contributed by atoms with Gasteiger partial charge < -0.3 is 10.6 Å². The molecule has 23 heavy (non-hydrogen) atoms. The monoisotopic (exact) mass is 312 g/mol. The SMILES string of the molecule is Cc1ccc(NC(=O)CCCNc2nc(C)cc(C)n2)c(C)c1. The summed E-state index contributed by atoms with van der Waals surface area (Å²) in [5, 5.41) is 6.12. The molecule has 1 aromatic carbocycles. The zero-order valence-corrected chi connectivity index (χ0v) is 14.2. The minimum absolute atomic E-state index is 0.0279. The molecule has 122 valence electrons. The minimum Gasteiger partial charge on any atom is -0.354 e. The van der Waals surface area contributed by atoms with Crippen molar-refractivity contribution >= 4 is 17.5 Å². The molecule has 0 aliphatic rings. The zero-order chi connectivity index (χ0) is 16.8. The van der Waals surface area contributed by atoms with Crippen molar-refractivity contribution in [3.05, 3.63) is 46.8 Å². The number of carbonyl (C=O) groups is 1. The second kappa shape index (κ2) is 7.72. The van der Waals surface area contributed by atoms with Gasteiger partial charge in [-0.2, -0.15) is 0 Å². The van der Waals surface area contributed by atoms with E-state index in [0.29, 0.717) is 18.9 Å². The molecule has 2 aromatic rings. The number of nitrogens with zero attached hydrogens (tertiary/aromatic N) is 2. The lowest BCUT2D eigenvalue weighted by molar-refractivity contribution is -0.116. The first-order valence-electron chi connectivity index (χ1n) is 7.87. The van der Waals surface area contributed by atoms with Gasteiger partial charge in [0.15, 0.2) is 0 Å². The van der Waals surface area contributed by atoms with Crippen LogP contribution in [-0.4, -0.2) is 22.4 Å². The summed E-state index contributed by atoms with van der Waals surface area (Å²) in [6.07, 6.45) is 1.19. The Morgan fingerprint density at radius 3 is 2.39 bits per heavy atom. The lowest BCUT2D eigenvalue weighted by Gasteiger charge is -2.10. The van der Waals surface area contributed by atoms with E-state index in [1.54, 1.807) is 0 Å². The van der Waals surface area contributed by atoms with Crippen LogP contribution in [0.5, 0.6) is 0 Å². The topological polar surface area (TPSA) is 66.9 Å². The van der Waals surface area contributed by atoms with Gasteiger partial charge in [-0.05, 0) is 51.8 Å². The Hall–Kier alpha value is -2.43. The van der Waals surface area contributed by atoms with Gasteiger partial charge in [-0.3, -0.25) is 4.79 Å². The molecule has 2 N–H and O–H groups in total. The van der Waals surface area contributed by atoms with Gasteiger partial charge in [0.1, 0.15) is 0 Å². The molecule has 0 bridgehead atoms. The van der Waals surface area contributed by atoms with Crippen molar-refractivity contribution in [1.82, 2.24) is 9.97 Å². The fourth-order valence-electron chi connectivity index (χ4n) is 2.42. The number of nitrogens with one attached hydrogen (secondary N) is 2. The van der Waals surface area contributed by atoms with Crippen molar-refractivity contribution < 1.29 is 4.79 Å². The lowest BCUT2D eigenvalue weighted by atomic mass is 10.1. The summed E-state index contributed by atoms with van der Waals surface area (Å²) in [7, 11) is 0. The van der Waals surface area contributed by atoms with E-state index in [4.69, 9.17) is 0 Å². The number of anilines is 2. The maximum Gasteiger partial charge on any atom is 0.224 e. The fourth-order valence-corrected chi connectivity index (χ4v) is 2.42. The van der Waals surface area contributed by atoms with E-state index in [-0.39, 0.29) is 5.91 Å². The molecule has 0 atom stereocenters. The van der Waals surface area contributed by atoms with Gasteiger partial charge >= 0.3 is 0 Å². The Bertz CT molecular complexity index is 677. The summed E-state index contributed by atoms with van der Waals surface area (Å²) in [6.45, 7) is 8.60. The summed E-state index contributed by atoms with van der Waals surface area (Å²) in [5.41, 5.74) is 5.03. The number of aryl methyl sites for hydroxylation is 4. The van der Waals surface area contributed by atoms with E-state index in [2.05, 4.69) is 26.7 Å². The smallest absolute Gasteiger partial charge is 0.224 e. The largest absolute Gasteiger partial charge is 0.354 e. The van der Waals surface area contributed by atoms with Crippen LogP contribution in [-0.2, 0) is 4.79 Å². The molecule has 0 saturated heterocycles. The Labute approximate surface area is 137 Å². The maximum absolute atomic E-state index is 12.0. The van der Waals surface area contributed by atoms with E-state index in [0.717, 1.165) is 29.1 Å². The standard InChI is InChI=1S/C18H24N4O/c1-12-7-8-16(13(2)10-12)22-17(23)6-5-9-19-18-20-14(3)11-15(4)21-18/h7-8,10-11H,5-6,9H2,1-4H3,(H,22,23)(H,19,20,21). The minimum atomic E-state index is 0.0279. The van der Waals surface area contributed by atoms with Crippen LogP contribution in [0.2, 0.25) is 0 Å². The summed E-state index contributed by atoms with van der Waals surface area (Å²) in [4.78, 5) is 20.6. The van der Waals surface area contributed by atoms with Gasteiger partial charge in [0.05, 0.1) is 0 Å². The van der Waals surface area contributed by atoms with Gasteiger partial charge in [0.2, 0.25) is 11.9 Å². The highest BCUT2D eigenvalue weighted by atomic mass is 16.1. The third-order valence-electron chi connectivity index (χ3n) is 3.50. The third-order valence-corrected chi connectivity index (χ3v) is 3.50. The molecule has 2 rings (SSSR count). The molecule has 5 heteroatoms. The molecular formula is C18H24N4O. The summed E-state index contributed by atoms with van der Waals surface area (Å²) >= 11 is 0. The van der Waals surface area contributed by atoms with Crippen molar-refractivity contribution in [2.45, 2.75) is 40.5 Å². The average Bonchev–Trinajstić information content (AvgIpc) is 2.46. The number of carbonyl (C=O) groups excluding carboxylic acids is 1. The zero-order valence-electron chi connectivity index (χ0n) is 14.2. The predicted octanol–water partition coefficient (Wildman–Crippen LogP) is 3.54. The third kappa shape index (κ3) is 5.36. The second-order valence-electron chi connectivity index (χ2n) is 5.87. The van der Waals surface area contributed by atoms with Crippen LogP contribution >= 0.6 is 0 Å². The summed E-state index contributed by atoms with van der Waals surface area (Å²) < 4.78 is 0. The normalized spacial score (nSPS) is 10.4. The van der Waals surface area contributed by atoms with Crippen molar-refractivity contribution in [1.29, 1.82) is 0 Å². The van der Waals surface area contributed by atoms with Crippen molar-refractivity contribution in [3.63, 3.8) is 0 Å². The predicted molar refractivity (Wildman–Crippen MR) is 93.8 cm³/mol. The van der Waals surface area contributed by atoms with Gasteiger partial charge in [-0.25, -0.2) is 9.97 Å². The molecule has 0 spiro atoms. The molecule has 5 nitrogen and oxygen atoms in total. The molecule has 0 radical (unpaired) electrons. The molecule has 1 heterocycles. The quantitative estimate of drug-likeness (QED) is 0.801. The fraction of sp³-hybridized carbons (Fsp3) is 0.389. The maximum atomic E-state index is 12.0. The Balaban J connectivity index is 1.76. The summed E-state index contributed by atoms with van der Waals surface area (Å²) in [5.74, 6) is 0.650. The Kier molecular flexibility index (Phi) is 5.68. The molecule has 0 aliphatic heterocycles. The number of amides is 1. The molecular weight excluding hydrogens is 288 g/mol. The van der Waals surface area contributed by atoms with Crippen LogP contribution in [0.1, 0.15) is 35.4 Å². The van der Waals surface area contributed by atoms with E-state index in [1.807, 2.05) is 45.9 Å². The van der Waals surface area contributed by atoms with E-state index < -0.39 is 0 Å². The van der Waals surface area contributed by atoms with Gasteiger partial charge in [0.25, 0.3) is 0 Å². The van der Waals surface area contributed by atoms with Crippen molar-refractivity contribution in [2.24, 2.45) is 0 Å². The van der Waals surface area contributed by atoms with Gasteiger partial charge in [0, 0.05) is 30.0 Å². The molecule has 0 saturated carbocycles. The summed E-state index contributed by atoms with van der Waals surface area (Å²) in [6, 6.07) is 7.95. The van der Waals surface area contributed by atoms with Crippen molar-refractivity contribution in [2.75, 3.05) is 17.2 Å². The highest BCUT2D eigenvalue weighted by Gasteiger charge is 2.05. The number of rotatable bonds is 6. The highest BCUT2D eigenvalue weighted by Crippen LogP contribution is 2.16. The number of hydrogen-bond acceptors (Lipinski definition) is 4. The first-order chi connectivity index (χ1) is 10.9. The van der Waals surface area contributed by atoms with Crippen LogP contribution in [0.3, 0.4) is 0 Å². The first kappa shape index (κ1) is 16.9. The van der Waals surface area contributed by atoms with Crippen LogP contribution < -0.4 is 10.6 Å². The van der Waals surface area contributed by atoms with Gasteiger partial charge in [-0.15, -0.1) is 0 Å². The van der Waals surface area contributed by atoms with Gasteiger partial charge in [-0.1, -0.05) is 17.7 Å². The van der Waals surface area contributed by atoms with Crippen LogP contribution in [0.4, 0.5) is 11.6 Å². The van der Waals surface area contributed by atoms with Crippen LogP contribution in [0, 0.1) is 27.7 Å². The molecule has 1 amide bonds. The molecule has 0 fully saturated rings. The molecule has 0 unspecified atom stereocenters. The Morgan fingerprint density at radius 1 is 1.04 bits per heavy atom. The highest BCUT2D eigenvalue weighted by molar-refractivity contribution is 5.91. The average molecular weight is 312 g/mol. The lowest BCUT2D eigenvalue weighted by Crippen LogP contribution is -2.15. The molecule has 1 aromatic heterocycles. The number of aromatic nitrogens is 2. The number of hydrogen-bond donors (Lipinski definition) is 2. The van der Waals surface area contributed by atoms with E-state index in [9.17, 15) is 4.79 Å². The van der Waals surface area contributed by atoms with E-state index in [1.165, 1.54) is 5.56 Å².